The van der Waals surface area contributed by atoms with Gasteiger partial charge < -0.3 is 5.32 Å². The number of benzene rings is 1. The first-order valence-corrected chi connectivity index (χ1v) is 8.31. The molecule has 2 rings (SSSR count). The molecule has 5 nitrogen and oxygen atoms in total. The Morgan fingerprint density at radius 1 is 1.45 bits per heavy atom. The molecule has 0 aromatic heterocycles. The molecule has 1 aliphatic rings. The van der Waals surface area contributed by atoms with Crippen LogP contribution >= 0.6 is 15.9 Å². The highest BCUT2D eigenvalue weighted by molar-refractivity contribution is 9.10. The number of amides is 1. The second-order valence-electron chi connectivity index (χ2n) is 5.18. The van der Waals surface area contributed by atoms with Crippen LogP contribution in [0.5, 0.6) is 0 Å². The van der Waals surface area contributed by atoms with Gasteiger partial charge in [-0.1, -0.05) is 0 Å². The van der Waals surface area contributed by atoms with Gasteiger partial charge in [0, 0.05) is 10.0 Å². The molecule has 1 saturated carbocycles. The van der Waals surface area contributed by atoms with Gasteiger partial charge in [0.05, 0.1) is 5.56 Å². The van der Waals surface area contributed by atoms with Crippen molar-refractivity contribution < 1.29 is 17.6 Å². The van der Waals surface area contributed by atoms with Crippen molar-refractivity contribution in [2.24, 2.45) is 5.14 Å². The van der Waals surface area contributed by atoms with Crippen LogP contribution in [0, 0.1) is 5.82 Å². The van der Waals surface area contributed by atoms with E-state index < -0.39 is 26.6 Å². The highest BCUT2D eigenvalue weighted by atomic mass is 79.9. The van der Waals surface area contributed by atoms with Crippen LogP contribution in [0.4, 0.5) is 4.39 Å². The van der Waals surface area contributed by atoms with Crippen molar-refractivity contribution in [2.45, 2.75) is 36.6 Å². The molecule has 8 heteroatoms. The van der Waals surface area contributed by atoms with E-state index in [9.17, 15) is 17.6 Å². The van der Waals surface area contributed by atoms with Crippen LogP contribution in [0.1, 0.15) is 36.5 Å². The molecule has 0 saturated heterocycles. The van der Waals surface area contributed by atoms with Crippen LogP contribution in [0.25, 0.3) is 0 Å². The molecule has 1 aromatic carbocycles. The van der Waals surface area contributed by atoms with Gasteiger partial charge in [0.2, 0.25) is 10.0 Å². The first kappa shape index (κ1) is 15.4. The molecule has 1 aromatic rings. The molecule has 0 unspecified atom stereocenters. The van der Waals surface area contributed by atoms with Crippen molar-refractivity contribution in [3.05, 3.63) is 28.0 Å². The topological polar surface area (TPSA) is 89.3 Å². The summed E-state index contributed by atoms with van der Waals surface area (Å²) in [6.07, 6.45) is 2.75. The van der Waals surface area contributed by atoms with E-state index in [1.165, 1.54) is 0 Å². The van der Waals surface area contributed by atoms with E-state index in [4.69, 9.17) is 5.14 Å². The van der Waals surface area contributed by atoms with Gasteiger partial charge in [0.15, 0.2) is 0 Å². The van der Waals surface area contributed by atoms with Crippen molar-refractivity contribution in [1.29, 1.82) is 0 Å². The SMILES string of the molecule is CC1(NC(=O)c2cc(S(N)(=O)=O)c(F)cc2Br)CCC1. The number of hydrogen-bond donors (Lipinski definition) is 2. The number of nitrogens with two attached hydrogens (primary N) is 1. The molecule has 0 atom stereocenters. The largest absolute Gasteiger partial charge is 0.347 e. The number of nitrogens with one attached hydrogen (secondary N) is 1. The minimum absolute atomic E-state index is 0.0450. The van der Waals surface area contributed by atoms with Crippen molar-refractivity contribution >= 4 is 31.9 Å². The molecular formula is C12H14BrFN2O3S. The number of hydrogen-bond acceptors (Lipinski definition) is 3. The van der Waals surface area contributed by atoms with Crippen molar-refractivity contribution in [2.75, 3.05) is 0 Å². The van der Waals surface area contributed by atoms with E-state index in [0.29, 0.717) is 0 Å². The lowest BCUT2D eigenvalue weighted by atomic mass is 9.78. The van der Waals surface area contributed by atoms with Gasteiger partial charge in [-0.15, -0.1) is 0 Å². The number of primary sulfonamides is 1. The van der Waals surface area contributed by atoms with Crippen LogP contribution in [-0.4, -0.2) is 19.9 Å². The minimum Gasteiger partial charge on any atom is -0.347 e. The molecule has 3 N–H and O–H groups in total. The second kappa shape index (κ2) is 5.09. The Kier molecular flexibility index (Phi) is 3.92. The third-order valence-corrected chi connectivity index (χ3v) is 5.03. The van der Waals surface area contributed by atoms with E-state index in [2.05, 4.69) is 21.2 Å². The predicted molar refractivity (Wildman–Crippen MR) is 75.2 cm³/mol. The summed E-state index contributed by atoms with van der Waals surface area (Å²) < 4.78 is 36.3. The number of halogens is 2. The zero-order valence-electron chi connectivity index (χ0n) is 10.7. The Morgan fingerprint density at radius 2 is 2.05 bits per heavy atom. The maximum Gasteiger partial charge on any atom is 0.252 e. The zero-order valence-corrected chi connectivity index (χ0v) is 13.1. The van der Waals surface area contributed by atoms with Crippen LogP contribution in [0.2, 0.25) is 0 Å². The summed E-state index contributed by atoms with van der Waals surface area (Å²) in [6.45, 7) is 1.91. The van der Waals surface area contributed by atoms with Crippen LogP contribution in [-0.2, 0) is 10.0 Å². The van der Waals surface area contributed by atoms with Crippen molar-refractivity contribution in [3.8, 4) is 0 Å². The molecule has 0 radical (unpaired) electrons. The normalized spacial score (nSPS) is 17.4. The fourth-order valence-electron chi connectivity index (χ4n) is 2.09. The van der Waals surface area contributed by atoms with Gasteiger partial charge in [0.25, 0.3) is 5.91 Å². The average molecular weight is 365 g/mol. The quantitative estimate of drug-likeness (QED) is 0.858. The summed E-state index contributed by atoms with van der Waals surface area (Å²) in [5, 5.41) is 7.75. The Morgan fingerprint density at radius 3 is 2.50 bits per heavy atom. The first-order valence-electron chi connectivity index (χ1n) is 5.97. The van der Waals surface area contributed by atoms with E-state index in [-0.39, 0.29) is 15.6 Å². The van der Waals surface area contributed by atoms with Gasteiger partial charge in [-0.25, -0.2) is 17.9 Å². The van der Waals surface area contributed by atoms with Crippen LogP contribution in [0.15, 0.2) is 21.5 Å². The van der Waals surface area contributed by atoms with E-state index in [0.717, 1.165) is 31.4 Å². The predicted octanol–water partition coefficient (Wildman–Crippen LogP) is 1.91. The standard InChI is InChI=1S/C12H14BrFN2O3S/c1-12(3-2-4-12)16-11(17)7-5-10(20(15,18)19)9(14)6-8(7)13/h5-6H,2-4H2,1H3,(H,16,17)(H2,15,18,19). The molecule has 0 spiro atoms. The number of rotatable bonds is 3. The summed E-state index contributed by atoms with van der Waals surface area (Å²) in [4.78, 5) is 11.5. The molecule has 20 heavy (non-hydrogen) atoms. The second-order valence-corrected chi connectivity index (χ2v) is 7.56. The summed E-state index contributed by atoms with van der Waals surface area (Å²) in [5.41, 5.74) is -0.240. The summed E-state index contributed by atoms with van der Waals surface area (Å²) in [5.74, 6) is -1.45. The zero-order chi connectivity index (χ0) is 15.1. The lowest BCUT2D eigenvalue weighted by Gasteiger charge is -2.39. The highest BCUT2D eigenvalue weighted by Gasteiger charge is 2.34. The minimum atomic E-state index is -4.22. The number of sulfonamides is 1. The van der Waals surface area contributed by atoms with Gasteiger partial charge in [-0.3, -0.25) is 4.79 Å². The molecule has 110 valence electrons. The molecule has 1 fully saturated rings. The summed E-state index contributed by atoms with van der Waals surface area (Å²) >= 11 is 3.06. The fraction of sp³-hybridized carbons (Fsp3) is 0.417. The molecule has 0 bridgehead atoms. The third-order valence-electron chi connectivity index (χ3n) is 3.45. The molecule has 1 amide bonds. The van der Waals surface area contributed by atoms with Gasteiger partial charge in [0.1, 0.15) is 10.7 Å². The monoisotopic (exact) mass is 364 g/mol. The average Bonchev–Trinajstić information content (AvgIpc) is 2.24. The maximum atomic E-state index is 13.6. The summed E-state index contributed by atoms with van der Waals surface area (Å²) in [7, 11) is -4.22. The van der Waals surface area contributed by atoms with Gasteiger partial charge >= 0.3 is 0 Å². The number of carbonyl (C=O) groups is 1. The Balaban J connectivity index is 2.38. The smallest absolute Gasteiger partial charge is 0.252 e. The van der Waals surface area contributed by atoms with E-state index in [1.54, 1.807) is 0 Å². The lowest BCUT2D eigenvalue weighted by molar-refractivity contribution is 0.0849. The molecule has 0 heterocycles. The van der Waals surface area contributed by atoms with Crippen LogP contribution < -0.4 is 10.5 Å². The first-order chi connectivity index (χ1) is 9.12. The van der Waals surface area contributed by atoms with Gasteiger partial charge in [-0.2, -0.15) is 0 Å². The highest BCUT2D eigenvalue weighted by Crippen LogP contribution is 2.32. The maximum absolute atomic E-state index is 13.6. The molecule has 0 aliphatic heterocycles. The number of carbonyl (C=O) groups excluding carboxylic acids is 1. The van der Waals surface area contributed by atoms with Crippen LogP contribution in [0.3, 0.4) is 0 Å². The van der Waals surface area contributed by atoms with Crippen molar-refractivity contribution in [1.82, 2.24) is 5.32 Å². The van der Waals surface area contributed by atoms with E-state index >= 15 is 0 Å². The lowest BCUT2D eigenvalue weighted by Crippen LogP contribution is -2.51. The Hall–Kier alpha value is -0.990. The fourth-order valence-corrected chi connectivity index (χ4v) is 3.20. The molecule has 1 aliphatic carbocycles. The Labute approximate surface area is 124 Å². The van der Waals surface area contributed by atoms with E-state index in [1.807, 2.05) is 6.92 Å². The van der Waals surface area contributed by atoms with Gasteiger partial charge in [-0.05, 0) is 54.2 Å². The molecular weight excluding hydrogens is 351 g/mol. The Bertz CT molecular complexity index is 672. The van der Waals surface area contributed by atoms with Crippen molar-refractivity contribution in [3.63, 3.8) is 0 Å². The summed E-state index contributed by atoms with van der Waals surface area (Å²) in [6, 6.07) is 1.88. The third kappa shape index (κ3) is 3.02.